The van der Waals surface area contributed by atoms with Gasteiger partial charge in [-0.05, 0) is 31.2 Å². The number of carbonyl (C=O) groups excluding carboxylic acids is 2. The third kappa shape index (κ3) is 2.35. The average Bonchev–Trinajstić information content (AvgIpc) is 2.99. The van der Waals surface area contributed by atoms with E-state index in [1.54, 1.807) is 49.2 Å². The molecule has 6 heteroatoms. The predicted molar refractivity (Wildman–Crippen MR) is 76.6 cm³/mol. The second kappa shape index (κ2) is 4.97. The van der Waals surface area contributed by atoms with Crippen molar-refractivity contribution in [3.63, 3.8) is 0 Å². The lowest BCUT2D eigenvalue weighted by molar-refractivity contribution is -0.125. The van der Waals surface area contributed by atoms with Crippen LogP contribution in [0.15, 0.2) is 41.0 Å². The van der Waals surface area contributed by atoms with Gasteiger partial charge in [0.05, 0.1) is 12.0 Å². The molecule has 1 aromatic carbocycles. The van der Waals surface area contributed by atoms with Gasteiger partial charge in [0.1, 0.15) is 5.75 Å². The number of hydrogen-bond acceptors (Lipinski definition) is 4. The Morgan fingerprint density at radius 1 is 1.33 bits per heavy atom. The molecule has 1 N–H and O–H groups in total. The topological polar surface area (TPSA) is 71.8 Å². The molecule has 1 atom stereocenters. The van der Waals surface area contributed by atoms with Gasteiger partial charge < -0.3 is 19.4 Å². The van der Waals surface area contributed by atoms with Crippen LogP contribution in [0.4, 0.5) is 11.4 Å². The molecule has 21 heavy (non-hydrogen) atoms. The number of benzene rings is 1. The molecule has 0 saturated carbocycles. The summed E-state index contributed by atoms with van der Waals surface area (Å²) in [5.74, 6) is 0.347. The number of anilines is 2. The summed E-state index contributed by atoms with van der Waals surface area (Å²) < 4.78 is 10.6. The second-order valence-corrected chi connectivity index (χ2v) is 4.77. The van der Waals surface area contributed by atoms with Crippen LogP contribution < -0.4 is 15.0 Å². The van der Waals surface area contributed by atoms with E-state index in [1.807, 2.05) is 0 Å². The highest BCUT2D eigenvalue weighted by Crippen LogP contribution is 2.35. The molecular weight excluding hydrogens is 272 g/mol. The zero-order valence-corrected chi connectivity index (χ0v) is 11.6. The van der Waals surface area contributed by atoms with Gasteiger partial charge in [0.2, 0.25) is 0 Å². The molecule has 1 aliphatic rings. The van der Waals surface area contributed by atoms with E-state index in [9.17, 15) is 9.59 Å². The van der Waals surface area contributed by atoms with Crippen molar-refractivity contribution in [3.05, 3.63) is 42.4 Å². The van der Waals surface area contributed by atoms with Crippen molar-refractivity contribution >= 4 is 23.2 Å². The molecule has 2 aromatic rings. The number of carbonyl (C=O) groups is 2. The molecule has 3 rings (SSSR count). The molecule has 2 amide bonds. The Balaban J connectivity index is 1.85. The van der Waals surface area contributed by atoms with Gasteiger partial charge >= 0.3 is 0 Å². The van der Waals surface area contributed by atoms with Gasteiger partial charge in [-0.2, -0.15) is 0 Å². The quantitative estimate of drug-likeness (QED) is 0.919. The molecule has 6 nitrogen and oxygen atoms in total. The van der Waals surface area contributed by atoms with E-state index in [2.05, 4.69) is 5.32 Å². The summed E-state index contributed by atoms with van der Waals surface area (Å²) in [6, 6.07) is 8.36. The first-order valence-corrected chi connectivity index (χ1v) is 6.49. The SMILES string of the molecule is CC1Oc2cc(NC(=O)c3ccco3)ccc2N(C)C1=O. The minimum atomic E-state index is -0.543. The smallest absolute Gasteiger partial charge is 0.291 e. The molecule has 1 unspecified atom stereocenters. The van der Waals surface area contributed by atoms with Crippen LogP contribution in [-0.4, -0.2) is 25.0 Å². The summed E-state index contributed by atoms with van der Waals surface area (Å²) in [6.45, 7) is 1.69. The molecule has 2 heterocycles. The fourth-order valence-electron chi connectivity index (χ4n) is 2.20. The average molecular weight is 286 g/mol. The molecule has 0 saturated heterocycles. The summed E-state index contributed by atoms with van der Waals surface area (Å²) in [7, 11) is 1.70. The molecule has 108 valence electrons. The number of ether oxygens (including phenoxy) is 1. The molecule has 0 fully saturated rings. The number of likely N-dealkylation sites (N-methyl/N-ethyl adjacent to an activating group) is 1. The third-order valence-corrected chi connectivity index (χ3v) is 3.31. The Kier molecular flexibility index (Phi) is 3.13. The first kappa shape index (κ1) is 13.2. The van der Waals surface area contributed by atoms with Crippen LogP contribution >= 0.6 is 0 Å². The Hall–Kier alpha value is -2.76. The number of fused-ring (bicyclic) bond motifs is 1. The Morgan fingerprint density at radius 2 is 2.14 bits per heavy atom. The van der Waals surface area contributed by atoms with Gasteiger partial charge in [0.15, 0.2) is 11.9 Å². The summed E-state index contributed by atoms with van der Waals surface area (Å²) in [5, 5.41) is 2.72. The van der Waals surface area contributed by atoms with Crippen molar-refractivity contribution in [1.82, 2.24) is 0 Å². The van der Waals surface area contributed by atoms with Gasteiger partial charge in [-0.25, -0.2) is 0 Å². The molecule has 0 aliphatic carbocycles. The van der Waals surface area contributed by atoms with Gasteiger partial charge in [0.25, 0.3) is 11.8 Å². The second-order valence-electron chi connectivity index (χ2n) is 4.77. The van der Waals surface area contributed by atoms with Crippen LogP contribution in [0, 0.1) is 0 Å². The lowest BCUT2D eigenvalue weighted by Crippen LogP contribution is -2.41. The van der Waals surface area contributed by atoms with E-state index in [4.69, 9.17) is 9.15 Å². The van der Waals surface area contributed by atoms with Crippen molar-refractivity contribution in [2.24, 2.45) is 0 Å². The van der Waals surface area contributed by atoms with Gasteiger partial charge in [-0.15, -0.1) is 0 Å². The van der Waals surface area contributed by atoms with Crippen LogP contribution in [0.3, 0.4) is 0 Å². The van der Waals surface area contributed by atoms with Gasteiger partial charge in [-0.3, -0.25) is 9.59 Å². The minimum absolute atomic E-state index is 0.102. The number of nitrogens with zero attached hydrogens (tertiary/aromatic N) is 1. The maximum Gasteiger partial charge on any atom is 0.291 e. The zero-order chi connectivity index (χ0) is 15.0. The van der Waals surface area contributed by atoms with E-state index in [1.165, 1.54) is 6.26 Å². The van der Waals surface area contributed by atoms with Crippen LogP contribution in [0.2, 0.25) is 0 Å². The Morgan fingerprint density at radius 3 is 2.86 bits per heavy atom. The fraction of sp³-hybridized carbons (Fsp3) is 0.200. The summed E-state index contributed by atoms with van der Waals surface area (Å²) in [5.41, 5.74) is 1.25. The molecule has 0 radical (unpaired) electrons. The van der Waals surface area contributed by atoms with E-state index < -0.39 is 6.10 Å². The van der Waals surface area contributed by atoms with Crippen LogP contribution in [-0.2, 0) is 4.79 Å². The highest BCUT2D eigenvalue weighted by atomic mass is 16.5. The van der Waals surface area contributed by atoms with Crippen LogP contribution in [0.5, 0.6) is 5.75 Å². The van der Waals surface area contributed by atoms with Crippen molar-refractivity contribution in [2.45, 2.75) is 13.0 Å². The maximum absolute atomic E-state index is 11.9. The first-order chi connectivity index (χ1) is 10.1. The van der Waals surface area contributed by atoms with Crippen molar-refractivity contribution < 1.29 is 18.7 Å². The predicted octanol–water partition coefficient (Wildman–Crippen LogP) is 2.28. The highest BCUT2D eigenvalue weighted by Gasteiger charge is 2.29. The summed E-state index contributed by atoms with van der Waals surface area (Å²) >= 11 is 0. The van der Waals surface area contributed by atoms with Crippen LogP contribution in [0.25, 0.3) is 0 Å². The van der Waals surface area contributed by atoms with Crippen molar-refractivity contribution in [2.75, 3.05) is 17.3 Å². The lowest BCUT2D eigenvalue weighted by atomic mass is 10.2. The van der Waals surface area contributed by atoms with Gasteiger partial charge in [0, 0.05) is 18.8 Å². The normalized spacial score (nSPS) is 17.1. The van der Waals surface area contributed by atoms with E-state index in [-0.39, 0.29) is 17.6 Å². The third-order valence-electron chi connectivity index (χ3n) is 3.31. The molecule has 0 spiro atoms. The summed E-state index contributed by atoms with van der Waals surface area (Å²) in [4.78, 5) is 25.3. The lowest BCUT2D eigenvalue weighted by Gasteiger charge is -2.30. The first-order valence-electron chi connectivity index (χ1n) is 6.49. The molecule has 1 aliphatic heterocycles. The Labute approximate surface area is 121 Å². The number of furan rings is 1. The van der Waals surface area contributed by atoms with E-state index in [0.29, 0.717) is 17.1 Å². The zero-order valence-electron chi connectivity index (χ0n) is 11.6. The Bertz CT molecular complexity index is 694. The number of rotatable bonds is 2. The maximum atomic E-state index is 11.9. The number of hydrogen-bond donors (Lipinski definition) is 1. The fourth-order valence-corrected chi connectivity index (χ4v) is 2.20. The minimum Gasteiger partial charge on any atom is -0.479 e. The number of amides is 2. The molecule has 1 aromatic heterocycles. The van der Waals surface area contributed by atoms with Crippen molar-refractivity contribution in [3.8, 4) is 5.75 Å². The number of nitrogens with one attached hydrogen (secondary N) is 1. The largest absolute Gasteiger partial charge is 0.479 e. The van der Waals surface area contributed by atoms with E-state index in [0.717, 1.165) is 0 Å². The van der Waals surface area contributed by atoms with Crippen molar-refractivity contribution in [1.29, 1.82) is 0 Å². The van der Waals surface area contributed by atoms with Gasteiger partial charge in [-0.1, -0.05) is 0 Å². The monoisotopic (exact) mass is 286 g/mol. The standard InChI is InChI=1S/C15H14N2O4/c1-9-15(19)17(2)11-6-5-10(8-13(11)21-9)16-14(18)12-4-3-7-20-12/h3-9H,1-2H3,(H,16,18). The molecule has 0 bridgehead atoms. The highest BCUT2D eigenvalue weighted by molar-refractivity contribution is 6.03. The molecular formula is C15H14N2O4. The summed E-state index contributed by atoms with van der Waals surface area (Å²) in [6.07, 6.45) is 0.895. The van der Waals surface area contributed by atoms with Crippen LogP contribution in [0.1, 0.15) is 17.5 Å². The van der Waals surface area contributed by atoms with E-state index >= 15 is 0 Å².